The highest BCUT2D eigenvalue weighted by molar-refractivity contribution is 5.75. The van der Waals surface area contributed by atoms with Crippen LogP contribution in [0.15, 0.2) is 48.6 Å². The van der Waals surface area contributed by atoms with E-state index in [-0.39, 0.29) is 6.29 Å². The molecule has 0 aromatic heterocycles. The molecule has 1 aliphatic carbocycles. The maximum atomic E-state index is 10.5. The van der Waals surface area contributed by atoms with Gasteiger partial charge in [-0.25, -0.2) is 0 Å². The van der Waals surface area contributed by atoms with Crippen molar-refractivity contribution in [1.82, 2.24) is 0 Å². The van der Waals surface area contributed by atoms with Gasteiger partial charge in [-0.15, -0.1) is 0 Å². The van der Waals surface area contributed by atoms with Gasteiger partial charge in [0.05, 0.1) is 0 Å². The van der Waals surface area contributed by atoms with Crippen LogP contribution in [0, 0.1) is 0 Å². The summed E-state index contributed by atoms with van der Waals surface area (Å²) in [6, 6.07) is 10.1. The van der Waals surface area contributed by atoms with Crippen LogP contribution in [0.4, 0.5) is 0 Å². The molecule has 0 bridgehead atoms. The lowest BCUT2D eigenvalue weighted by atomic mass is 9.96. The fraction of sp³-hybridized carbons (Fsp3) is 0.412. The van der Waals surface area contributed by atoms with Crippen LogP contribution in [0.5, 0.6) is 0 Å². The van der Waals surface area contributed by atoms with E-state index in [0.29, 0.717) is 6.42 Å². The summed E-state index contributed by atoms with van der Waals surface area (Å²) in [5, 5.41) is 10.5. The summed E-state index contributed by atoms with van der Waals surface area (Å²) in [6.07, 6.45) is 8.85. The molecule has 0 radical (unpaired) electrons. The van der Waals surface area contributed by atoms with Gasteiger partial charge in [-0.05, 0) is 36.5 Å². The summed E-state index contributed by atoms with van der Waals surface area (Å²) in [7, 11) is 0. The van der Waals surface area contributed by atoms with Crippen LogP contribution < -0.4 is 0 Å². The number of aliphatic hydroxyl groups is 1. The van der Waals surface area contributed by atoms with Gasteiger partial charge in [-0.3, -0.25) is 0 Å². The van der Waals surface area contributed by atoms with Gasteiger partial charge in [0.1, 0.15) is 0 Å². The molecule has 20 heavy (non-hydrogen) atoms. The standard InChI is InChI=1S/C17H20O3/c18-17(20-16-8-4-5-13-19-16)11-9-15(10-12-17)14-6-2-1-3-7-14/h1-3,6-7,9-11,16,18H,4-5,8,12-13H2. The van der Waals surface area contributed by atoms with Crippen molar-refractivity contribution in [2.45, 2.75) is 37.8 Å². The highest BCUT2D eigenvalue weighted by Gasteiger charge is 2.31. The van der Waals surface area contributed by atoms with E-state index in [0.717, 1.165) is 37.0 Å². The van der Waals surface area contributed by atoms with Gasteiger partial charge in [-0.1, -0.05) is 42.5 Å². The topological polar surface area (TPSA) is 38.7 Å². The first kappa shape index (κ1) is 13.6. The average molecular weight is 272 g/mol. The Bertz CT molecular complexity index is 500. The van der Waals surface area contributed by atoms with Gasteiger partial charge in [0.2, 0.25) is 0 Å². The number of ether oxygens (including phenoxy) is 2. The summed E-state index contributed by atoms with van der Waals surface area (Å²) >= 11 is 0. The Labute approximate surface area is 119 Å². The molecule has 0 spiro atoms. The fourth-order valence-electron chi connectivity index (χ4n) is 2.58. The summed E-state index contributed by atoms with van der Waals surface area (Å²) in [5.74, 6) is -1.24. The third-order valence-corrected chi connectivity index (χ3v) is 3.72. The van der Waals surface area contributed by atoms with E-state index < -0.39 is 5.79 Å². The normalized spacial score (nSPS) is 30.1. The van der Waals surface area contributed by atoms with Gasteiger partial charge < -0.3 is 14.6 Å². The first-order valence-electron chi connectivity index (χ1n) is 7.22. The minimum Gasteiger partial charge on any atom is -0.362 e. The van der Waals surface area contributed by atoms with Crippen molar-refractivity contribution in [3.63, 3.8) is 0 Å². The molecule has 1 saturated heterocycles. The number of hydrogen-bond donors (Lipinski definition) is 1. The van der Waals surface area contributed by atoms with Gasteiger partial charge in [-0.2, -0.15) is 0 Å². The average Bonchev–Trinajstić information content (AvgIpc) is 2.50. The van der Waals surface area contributed by atoms with Crippen LogP contribution in [0.1, 0.15) is 31.2 Å². The highest BCUT2D eigenvalue weighted by Crippen LogP contribution is 2.30. The van der Waals surface area contributed by atoms with Crippen molar-refractivity contribution in [2.75, 3.05) is 6.61 Å². The predicted octanol–water partition coefficient (Wildman–Crippen LogP) is 3.26. The van der Waals surface area contributed by atoms with Crippen molar-refractivity contribution < 1.29 is 14.6 Å². The van der Waals surface area contributed by atoms with E-state index in [1.54, 1.807) is 6.08 Å². The molecule has 0 amide bonds. The van der Waals surface area contributed by atoms with E-state index in [1.165, 1.54) is 0 Å². The van der Waals surface area contributed by atoms with Gasteiger partial charge >= 0.3 is 0 Å². The van der Waals surface area contributed by atoms with Crippen molar-refractivity contribution in [3.05, 3.63) is 54.1 Å². The monoisotopic (exact) mass is 272 g/mol. The second-order valence-electron chi connectivity index (χ2n) is 5.32. The SMILES string of the molecule is OC1(OC2CCCCO2)C=CC(c2ccccc2)=CC1. The zero-order valence-corrected chi connectivity index (χ0v) is 11.5. The summed E-state index contributed by atoms with van der Waals surface area (Å²) in [6.45, 7) is 0.718. The van der Waals surface area contributed by atoms with Crippen LogP contribution in [-0.2, 0) is 9.47 Å². The lowest BCUT2D eigenvalue weighted by molar-refractivity contribution is -0.276. The molecule has 2 unspecified atom stereocenters. The van der Waals surface area contributed by atoms with Crippen molar-refractivity contribution >= 4 is 5.57 Å². The molecule has 1 fully saturated rings. The largest absolute Gasteiger partial charge is 0.362 e. The number of hydrogen-bond acceptors (Lipinski definition) is 3. The molecular weight excluding hydrogens is 252 g/mol. The quantitative estimate of drug-likeness (QED) is 0.858. The fourth-order valence-corrected chi connectivity index (χ4v) is 2.58. The Morgan fingerprint density at radius 2 is 2.05 bits per heavy atom. The van der Waals surface area contributed by atoms with Crippen LogP contribution in [0.2, 0.25) is 0 Å². The Morgan fingerprint density at radius 3 is 2.70 bits per heavy atom. The molecule has 106 valence electrons. The summed E-state index contributed by atoms with van der Waals surface area (Å²) < 4.78 is 11.2. The lowest BCUT2D eigenvalue weighted by Crippen LogP contribution is -2.37. The summed E-state index contributed by atoms with van der Waals surface area (Å²) in [4.78, 5) is 0. The maximum absolute atomic E-state index is 10.5. The van der Waals surface area contributed by atoms with Crippen LogP contribution >= 0.6 is 0 Å². The maximum Gasteiger partial charge on any atom is 0.192 e. The van der Waals surface area contributed by atoms with Gasteiger partial charge in [0, 0.05) is 13.0 Å². The molecule has 3 heteroatoms. The zero-order chi connectivity index (χ0) is 13.8. The Balaban J connectivity index is 1.65. The zero-order valence-electron chi connectivity index (χ0n) is 11.5. The predicted molar refractivity (Wildman–Crippen MR) is 77.8 cm³/mol. The molecule has 3 rings (SSSR count). The third-order valence-electron chi connectivity index (χ3n) is 3.72. The van der Waals surface area contributed by atoms with Crippen LogP contribution in [0.25, 0.3) is 5.57 Å². The van der Waals surface area contributed by atoms with E-state index in [2.05, 4.69) is 12.1 Å². The molecule has 1 aromatic rings. The number of allylic oxidation sites excluding steroid dienone is 2. The van der Waals surface area contributed by atoms with E-state index in [4.69, 9.17) is 9.47 Å². The van der Waals surface area contributed by atoms with Crippen molar-refractivity contribution in [1.29, 1.82) is 0 Å². The first-order valence-corrected chi connectivity index (χ1v) is 7.22. The van der Waals surface area contributed by atoms with Gasteiger partial charge in [0.25, 0.3) is 0 Å². The molecule has 1 aromatic carbocycles. The summed E-state index contributed by atoms with van der Waals surface area (Å²) in [5.41, 5.74) is 2.27. The second kappa shape index (κ2) is 5.92. The highest BCUT2D eigenvalue weighted by atomic mass is 16.7. The van der Waals surface area contributed by atoms with Crippen molar-refractivity contribution in [2.24, 2.45) is 0 Å². The molecule has 1 aliphatic heterocycles. The smallest absolute Gasteiger partial charge is 0.192 e. The number of rotatable bonds is 3. The van der Waals surface area contributed by atoms with E-state index in [9.17, 15) is 5.11 Å². The minimum absolute atomic E-state index is 0.287. The molecular formula is C17H20O3. The molecule has 0 saturated carbocycles. The molecule has 2 aliphatic rings. The van der Waals surface area contributed by atoms with Gasteiger partial charge in [0.15, 0.2) is 12.1 Å². The molecule has 1 heterocycles. The van der Waals surface area contributed by atoms with Crippen LogP contribution in [0.3, 0.4) is 0 Å². The third kappa shape index (κ3) is 3.18. The number of benzene rings is 1. The minimum atomic E-state index is -1.24. The first-order chi connectivity index (χ1) is 9.75. The molecule has 3 nitrogen and oxygen atoms in total. The lowest BCUT2D eigenvalue weighted by Gasteiger charge is -2.33. The Kier molecular flexibility index (Phi) is 4.01. The molecule has 2 atom stereocenters. The Hall–Kier alpha value is -1.42. The van der Waals surface area contributed by atoms with E-state index in [1.807, 2.05) is 30.4 Å². The Morgan fingerprint density at radius 1 is 1.20 bits per heavy atom. The van der Waals surface area contributed by atoms with Crippen molar-refractivity contribution in [3.8, 4) is 0 Å². The van der Waals surface area contributed by atoms with Crippen LogP contribution in [-0.4, -0.2) is 23.8 Å². The second-order valence-corrected chi connectivity index (χ2v) is 5.32. The van der Waals surface area contributed by atoms with E-state index >= 15 is 0 Å². The molecule has 1 N–H and O–H groups in total.